The number of H-pyrrole nitrogens is 1. The van der Waals surface area contributed by atoms with Gasteiger partial charge in [0.2, 0.25) is 5.43 Å². The Hall–Kier alpha value is -4.15. The van der Waals surface area contributed by atoms with Crippen LogP contribution in [-0.2, 0) is 9.53 Å². The van der Waals surface area contributed by atoms with Crippen LogP contribution in [0.4, 0.5) is 13.2 Å². The maximum atomic E-state index is 13.3. The largest absolute Gasteiger partial charge is 0.502 e. The van der Waals surface area contributed by atoms with E-state index in [1.54, 1.807) is 74.5 Å². The van der Waals surface area contributed by atoms with Gasteiger partial charge in [0.05, 0.1) is 12.7 Å². The van der Waals surface area contributed by atoms with Crippen molar-refractivity contribution in [1.82, 2.24) is 15.1 Å². The molecule has 0 bridgehead atoms. The Morgan fingerprint density at radius 3 is 2.03 bits per heavy atom. The first-order valence-electron chi connectivity index (χ1n) is 11.0. The number of nitrogens with zero attached hydrogens (tertiary/aromatic N) is 2. The molecule has 3 rings (SSSR count). The molecule has 3 aromatic rings. The first kappa shape index (κ1) is 26.5. The molecule has 0 spiro atoms. The fraction of sp³-hybridized carbons (Fsp3) is 0.280. The van der Waals surface area contributed by atoms with Gasteiger partial charge in [-0.3, -0.25) is 14.7 Å². The Balaban J connectivity index is 2.11. The topological polar surface area (TPSA) is 113 Å². The fourth-order valence-corrected chi connectivity index (χ4v) is 3.77. The third-order valence-electron chi connectivity index (χ3n) is 5.48. The van der Waals surface area contributed by atoms with Crippen molar-refractivity contribution in [3.05, 3.63) is 93.9 Å². The molecule has 0 fully saturated rings. The highest BCUT2D eigenvalue weighted by Gasteiger charge is 2.44. The van der Waals surface area contributed by atoms with Gasteiger partial charge in [0.25, 0.3) is 5.91 Å². The van der Waals surface area contributed by atoms with Crippen molar-refractivity contribution in [2.75, 3.05) is 6.54 Å². The number of nitrogens with one attached hydrogen (secondary N) is 1. The second kappa shape index (κ2) is 11.1. The predicted octanol–water partition coefficient (Wildman–Crippen LogP) is 3.63. The molecule has 0 aliphatic heterocycles. The zero-order valence-electron chi connectivity index (χ0n) is 19.4. The average Bonchev–Trinajstić information content (AvgIpc) is 2.84. The van der Waals surface area contributed by atoms with Gasteiger partial charge in [0.15, 0.2) is 11.4 Å². The maximum Gasteiger partial charge on any atom is 0.490 e. The average molecular weight is 503 g/mol. The Kier molecular flexibility index (Phi) is 8.13. The smallest absolute Gasteiger partial charge is 0.490 e. The number of alkyl halides is 3. The summed E-state index contributed by atoms with van der Waals surface area (Å²) >= 11 is 0. The van der Waals surface area contributed by atoms with E-state index in [9.17, 15) is 32.7 Å². The molecule has 0 radical (unpaired) electrons. The Morgan fingerprint density at radius 2 is 1.56 bits per heavy atom. The van der Waals surface area contributed by atoms with Gasteiger partial charge in [-0.25, -0.2) is 4.79 Å². The minimum Gasteiger partial charge on any atom is -0.502 e. The first-order chi connectivity index (χ1) is 17.0. The lowest BCUT2D eigenvalue weighted by Crippen LogP contribution is -2.47. The molecule has 0 aliphatic carbocycles. The summed E-state index contributed by atoms with van der Waals surface area (Å²) < 4.78 is 44.8. The minimum atomic E-state index is -5.27. The number of halogens is 3. The summed E-state index contributed by atoms with van der Waals surface area (Å²) in [6.07, 6.45) is -5.98. The van der Waals surface area contributed by atoms with Gasteiger partial charge in [0, 0.05) is 12.0 Å². The molecule has 190 valence electrons. The number of ether oxygens (including phenoxy) is 1. The third-order valence-corrected chi connectivity index (χ3v) is 5.48. The molecule has 0 saturated heterocycles. The number of amides is 1. The van der Waals surface area contributed by atoms with Gasteiger partial charge >= 0.3 is 12.1 Å². The van der Waals surface area contributed by atoms with Crippen molar-refractivity contribution in [3.63, 3.8) is 0 Å². The molecule has 0 aliphatic rings. The zero-order valence-corrected chi connectivity index (χ0v) is 19.4. The van der Waals surface area contributed by atoms with Crippen LogP contribution in [0.2, 0.25) is 0 Å². The number of rotatable bonds is 8. The van der Waals surface area contributed by atoms with Gasteiger partial charge < -0.3 is 14.7 Å². The molecule has 11 heteroatoms. The van der Waals surface area contributed by atoms with Gasteiger partial charge in [0.1, 0.15) is 6.10 Å². The number of aromatic nitrogens is 2. The molecule has 2 aromatic carbocycles. The van der Waals surface area contributed by atoms with Crippen LogP contribution in [0.15, 0.2) is 71.7 Å². The SMILES string of the molecule is CC(C)N(C[C@H](OC(=O)C(F)(F)F)C(c1ccccc1)c1ccccc1)C(=O)c1[nH]ncc(=O)c1O. The summed E-state index contributed by atoms with van der Waals surface area (Å²) in [6, 6.07) is 16.3. The van der Waals surface area contributed by atoms with E-state index in [0.29, 0.717) is 11.1 Å². The van der Waals surface area contributed by atoms with E-state index in [-0.39, 0.29) is 0 Å². The van der Waals surface area contributed by atoms with Crippen molar-refractivity contribution < 1.29 is 32.6 Å². The molecule has 1 heterocycles. The number of esters is 1. The van der Waals surface area contributed by atoms with Crippen LogP contribution in [0.25, 0.3) is 0 Å². The molecule has 1 atom stereocenters. The fourth-order valence-electron chi connectivity index (χ4n) is 3.77. The number of aromatic hydroxyl groups is 1. The van der Waals surface area contributed by atoms with E-state index in [1.165, 1.54) is 0 Å². The van der Waals surface area contributed by atoms with Crippen molar-refractivity contribution in [2.45, 2.75) is 38.1 Å². The molecule has 1 aromatic heterocycles. The van der Waals surface area contributed by atoms with Crippen molar-refractivity contribution in [3.8, 4) is 5.75 Å². The maximum absolute atomic E-state index is 13.3. The summed E-state index contributed by atoms with van der Waals surface area (Å²) in [6.45, 7) is 2.70. The molecular formula is C25H24F3N3O5. The zero-order chi connectivity index (χ0) is 26.5. The van der Waals surface area contributed by atoms with Gasteiger partial charge in [-0.2, -0.15) is 18.3 Å². The number of hydrogen-bond donors (Lipinski definition) is 2. The Morgan fingerprint density at radius 1 is 1.03 bits per heavy atom. The molecule has 0 unspecified atom stereocenters. The van der Waals surface area contributed by atoms with Crippen molar-refractivity contribution >= 4 is 11.9 Å². The Labute approximate surface area is 204 Å². The second-order valence-corrected chi connectivity index (χ2v) is 8.25. The lowest BCUT2D eigenvalue weighted by atomic mass is 9.86. The summed E-state index contributed by atoms with van der Waals surface area (Å²) in [5.41, 5.74) is -0.338. The van der Waals surface area contributed by atoms with Crippen molar-refractivity contribution in [2.24, 2.45) is 0 Å². The van der Waals surface area contributed by atoms with Crippen LogP contribution in [0.5, 0.6) is 5.75 Å². The van der Waals surface area contributed by atoms with Crippen molar-refractivity contribution in [1.29, 1.82) is 0 Å². The summed E-state index contributed by atoms with van der Waals surface area (Å²) in [5.74, 6) is -5.07. The van der Waals surface area contributed by atoms with Crippen LogP contribution < -0.4 is 5.43 Å². The summed E-state index contributed by atoms with van der Waals surface area (Å²) in [5, 5.41) is 15.9. The standard InChI is InChI=1S/C25H24F3N3O5/c1-15(2)31(23(34)21-22(33)18(32)13-29-30-21)14-19(36-24(35)25(26,27)28)20(16-9-5-3-6-10-16)17-11-7-4-8-12-17/h3-13,15,19-20H,14H2,1-2H3,(H,29,33)(H,30,32)/t19-/m0/s1. The molecule has 0 saturated carbocycles. The third kappa shape index (κ3) is 6.09. The van der Waals surface area contributed by atoms with E-state index in [4.69, 9.17) is 4.74 Å². The van der Waals surface area contributed by atoms with Crippen LogP contribution in [0, 0.1) is 0 Å². The summed E-state index contributed by atoms with van der Waals surface area (Å²) in [7, 11) is 0. The van der Waals surface area contributed by atoms with E-state index in [1.807, 2.05) is 0 Å². The number of carbonyl (C=O) groups is 2. The van der Waals surface area contributed by atoms with Crippen LogP contribution >= 0.6 is 0 Å². The highest BCUT2D eigenvalue weighted by molar-refractivity contribution is 5.94. The monoisotopic (exact) mass is 503 g/mol. The van der Waals surface area contributed by atoms with E-state index >= 15 is 0 Å². The lowest BCUT2D eigenvalue weighted by Gasteiger charge is -2.35. The van der Waals surface area contributed by atoms with E-state index in [0.717, 1.165) is 11.1 Å². The van der Waals surface area contributed by atoms with Crippen LogP contribution in [0.1, 0.15) is 41.4 Å². The minimum absolute atomic E-state index is 0.483. The highest BCUT2D eigenvalue weighted by Crippen LogP contribution is 2.33. The van der Waals surface area contributed by atoms with Gasteiger partial charge in [-0.05, 0) is 25.0 Å². The van der Waals surface area contributed by atoms with E-state index in [2.05, 4.69) is 10.2 Å². The molecule has 1 amide bonds. The second-order valence-electron chi connectivity index (χ2n) is 8.25. The predicted molar refractivity (Wildman–Crippen MR) is 123 cm³/mol. The number of aromatic amines is 1. The normalized spacial score (nSPS) is 12.4. The van der Waals surface area contributed by atoms with Gasteiger partial charge in [-0.15, -0.1) is 0 Å². The lowest BCUT2D eigenvalue weighted by molar-refractivity contribution is -0.206. The highest BCUT2D eigenvalue weighted by atomic mass is 19.4. The molecule has 36 heavy (non-hydrogen) atoms. The quantitative estimate of drug-likeness (QED) is 0.454. The Bertz CT molecular complexity index is 1210. The number of carbonyl (C=O) groups excluding carboxylic acids is 2. The van der Waals surface area contributed by atoms with Gasteiger partial charge in [-0.1, -0.05) is 60.7 Å². The molecule has 8 nitrogen and oxygen atoms in total. The molecule has 2 N–H and O–H groups in total. The molecular weight excluding hydrogens is 479 g/mol. The summed E-state index contributed by atoms with van der Waals surface area (Å²) in [4.78, 5) is 38.1. The van der Waals surface area contributed by atoms with Crippen LogP contribution in [-0.4, -0.2) is 56.9 Å². The number of benzene rings is 2. The number of hydrogen-bond acceptors (Lipinski definition) is 6. The first-order valence-corrected chi connectivity index (χ1v) is 11.0. The van der Waals surface area contributed by atoms with Crippen LogP contribution in [0.3, 0.4) is 0 Å². The van der Waals surface area contributed by atoms with E-state index < -0.39 is 59.5 Å².